The van der Waals surface area contributed by atoms with Crippen molar-refractivity contribution in [3.05, 3.63) is 40.8 Å². The van der Waals surface area contributed by atoms with Crippen molar-refractivity contribution in [2.75, 3.05) is 32.1 Å². The summed E-state index contributed by atoms with van der Waals surface area (Å²) in [6, 6.07) is 5.24. The molecular weight excluding hydrogens is 400 g/mol. The average molecular weight is 425 g/mol. The number of aryl methyl sites for hydroxylation is 2. The highest BCUT2D eigenvalue weighted by Crippen LogP contribution is 2.35. The lowest BCUT2D eigenvalue weighted by atomic mass is 10.1. The third kappa shape index (κ3) is 4.39. The predicted molar refractivity (Wildman–Crippen MR) is 110 cm³/mol. The number of halogens is 1. The molecule has 7 nitrogen and oxygen atoms in total. The monoisotopic (exact) mass is 424 g/mol. The molecule has 0 aliphatic heterocycles. The van der Waals surface area contributed by atoms with Crippen molar-refractivity contribution in [3.63, 3.8) is 0 Å². The minimum atomic E-state index is -3.62. The number of hydrogen-bond acceptors (Lipinski definition) is 6. The summed E-state index contributed by atoms with van der Waals surface area (Å²) in [5, 5.41) is 0.355. The Balaban J connectivity index is 1.84. The van der Waals surface area contributed by atoms with E-state index in [0.29, 0.717) is 45.8 Å². The van der Waals surface area contributed by atoms with Crippen LogP contribution in [0.2, 0.25) is 5.15 Å². The van der Waals surface area contributed by atoms with Crippen LogP contribution in [0.3, 0.4) is 0 Å². The Kier molecular flexibility index (Phi) is 6.12. The van der Waals surface area contributed by atoms with Crippen LogP contribution < -0.4 is 9.64 Å². The molecule has 1 aliphatic carbocycles. The van der Waals surface area contributed by atoms with Gasteiger partial charge in [-0.1, -0.05) is 11.6 Å². The largest absolute Gasteiger partial charge is 0.497 e. The molecule has 0 spiro atoms. The molecule has 152 valence electrons. The quantitative estimate of drug-likeness (QED) is 0.606. The summed E-state index contributed by atoms with van der Waals surface area (Å²) in [4.78, 5) is 10.3. The minimum Gasteiger partial charge on any atom is -0.497 e. The molecule has 1 aromatic heterocycles. The van der Waals surface area contributed by atoms with Gasteiger partial charge >= 0.3 is 0 Å². The van der Waals surface area contributed by atoms with E-state index in [4.69, 9.17) is 16.3 Å². The predicted octanol–water partition coefficient (Wildman–Crippen LogP) is 3.04. The van der Waals surface area contributed by atoms with Crippen LogP contribution in [0.4, 0.5) is 5.82 Å². The van der Waals surface area contributed by atoms with Crippen LogP contribution in [0.1, 0.15) is 24.0 Å². The van der Waals surface area contributed by atoms with Gasteiger partial charge in [0.15, 0.2) is 0 Å². The van der Waals surface area contributed by atoms with Crippen LogP contribution in [-0.2, 0) is 10.0 Å². The van der Waals surface area contributed by atoms with Crippen molar-refractivity contribution in [2.45, 2.75) is 37.6 Å². The van der Waals surface area contributed by atoms with Gasteiger partial charge in [0.05, 0.1) is 12.0 Å². The van der Waals surface area contributed by atoms with Gasteiger partial charge in [-0.25, -0.2) is 18.4 Å². The molecule has 1 heterocycles. The van der Waals surface area contributed by atoms with Gasteiger partial charge in [0.2, 0.25) is 10.0 Å². The number of nitrogens with zero attached hydrogens (tertiary/aromatic N) is 4. The average Bonchev–Trinajstić information content (AvgIpc) is 3.45. The SMILES string of the molecule is COc1cc(C)c(S(=O)(=O)N(CCN(C)c2cc(Cl)ncn2)C2CC2)c(C)c1. The number of aromatic nitrogens is 2. The van der Waals surface area contributed by atoms with Crippen LogP contribution in [0.25, 0.3) is 0 Å². The molecule has 1 aromatic carbocycles. The molecule has 1 aliphatic rings. The van der Waals surface area contributed by atoms with Crippen LogP contribution in [-0.4, -0.2) is 56.0 Å². The van der Waals surface area contributed by atoms with E-state index in [-0.39, 0.29) is 6.04 Å². The second-order valence-electron chi connectivity index (χ2n) is 7.06. The topological polar surface area (TPSA) is 75.6 Å². The van der Waals surface area contributed by atoms with Gasteiger partial charge in [0, 0.05) is 32.2 Å². The first-order valence-electron chi connectivity index (χ1n) is 9.10. The first-order valence-corrected chi connectivity index (χ1v) is 10.9. The lowest BCUT2D eigenvalue weighted by Crippen LogP contribution is -2.39. The third-order valence-corrected chi connectivity index (χ3v) is 7.32. The van der Waals surface area contributed by atoms with Crippen molar-refractivity contribution < 1.29 is 13.2 Å². The summed E-state index contributed by atoms with van der Waals surface area (Å²) in [6.07, 6.45) is 3.17. The number of hydrogen-bond donors (Lipinski definition) is 0. The summed E-state index contributed by atoms with van der Waals surface area (Å²) < 4.78 is 33.8. The maximum absolute atomic E-state index is 13.5. The molecule has 28 heavy (non-hydrogen) atoms. The summed E-state index contributed by atoms with van der Waals surface area (Å²) in [6.45, 7) is 4.48. The lowest BCUT2D eigenvalue weighted by molar-refractivity contribution is 0.406. The molecule has 0 saturated heterocycles. The van der Waals surface area contributed by atoms with Gasteiger partial charge in [0.1, 0.15) is 23.0 Å². The summed E-state index contributed by atoms with van der Waals surface area (Å²) >= 11 is 5.93. The maximum Gasteiger partial charge on any atom is 0.243 e. The maximum atomic E-state index is 13.5. The fourth-order valence-corrected chi connectivity index (χ4v) is 5.54. The molecule has 0 radical (unpaired) electrons. The van der Waals surface area contributed by atoms with Gasteiger partial charge in [0.25, 0.3) is 0 Å². The molecule has 2 aromatic rings. The number of sulfonamides is 1. The third-order valence-electron chi connectivity index (χ3n) is 4.86. The van der Waals surface area contributed by atoms with E-state index in [1.807, 2.05) is 25.8 Å². The van der Waals surface area contributed by atoms with E-state index >= 15 is 0 Å². The van der Waals surface area contributed by atoms with E-state index in [2.05, 4.69) is 9.97 Å². The smallest absolute Gasteiger partial charge is 0.243 e. The fourth-order valence-electron chi connectivity index (χ4n) is 3.31. The summed E-state index contributed by atoms with van der Waals surface area (Å²) in [5.41, 5.74) is 1.39. The Labute approximate surface area is 171 Å². The second kappa shape index (κ2) is 8.23. The van der Waals surface area contributed by atoms with Crippen LogP contribution in [0.5, 0.6) is 5.75 Å². The van der Waals surface area contributed by atoms with Gasteiger partial charge in [-0.05, 0) is 49.9 Å². The lowest BCUT2D eigenvalue weighted by Gasteiger charge is -2.27. The van der Waals surface area contributed by atoms with Crippen LogP contribution >= 0.6 is 11.6 Å². The highest BCUT2D eigenvalue weighted by atomic mass is 35.5. The minimum absolute atomic E-state index is 0.0493. The number of ether oxygens (including phenoxy) is 1. The van der Waals surface area contributed by atoms with E-state index < -0.39 is 10.0 Å². The zero-order valence-electron chi connectivity index (χ0n) is 16.5. The van der Waals surface area contributed by atoms with Crippen LogP contribution in [0.15, 0.2) is 29.4 Å². The van der Waals surface area contributed by atoms with Gasteiger partial charge in [-0.15, -0.1) is 0 Å². The Morgan fingerprint density at radius 1 is 1.14 bits per heavy atom. The van der Waals surface area contributed by atoms with Crippen molar-refractivity contribution in [1.29, 1.82) is 0 Å². The molecule has 0 N–H and O–H groups in total. The Hall–Kier alpha value is -1.90. The normalized spacial score (nSPS) is 14.4. The number of methoxy groups -OCH3 is 1. The number of anilines is 1. The molecule has 0 bridgehead atoms. The van der Waals surface area contributed by atoms with E-state index in [1.165, 1.54) is 6.33 Å². The zero-order chi connectivity index (χ0) is 20.5. The fraction of sp³-hybridized carbons (Fsp3) is 0.474. The van der Waals surface area contributed by atoms with Crippen molar-refractivity contribution in [3.8, 4) is 5.75 Å². The van der Waals surface area contributed by atoms with E-state index in [9.17, 15) is 8.42 Å². The first kappa shape index (κ1) is 20.8. The van der Waals surface area contributed by atoms with E-state index in [1.54, 1.807) is 29.6 Å². The van der Waals surface area contributed by atoms with E-state index in [0.717, 1.165) is 12.8 Å². The Morgan fingerprint density at radius 3 is 2.32 bits per heavy atom. The molecule has 0 amide bonds. The highest BCUT2D eigenvalue weighted by molar-refractivity contribution is 7.89. The number of rotatable bonds is 8. The second-order valence-corrected chi connectivity index (χ2v) is 9.27. The first-order chi connectivity index (χ1) is 13.2. The molecule has 9 heteroatoms. The van der Waals surface area contributed by atoms with Gasteiger partial charge in [-0.2, -0.15) is 4.31 Å². The molecule has 0 atom stereocenters. The van der Waals surface area contributed by atoms with Crippen molar-refractivity contribution >= 4 is 27.4 Å². The molecule has 3 rings (SSSR count). The van der Waals surface area contributed by atoms with Crippen molar-refractivity contribution in [1.82, 2.24) is 14.3 Å². The van der Waals surface area contributed by atoms with Crippen LogP contribution in [0, 0.1) is 13.8 Å². The molecule has 1 saturated carbocycles. The number of benzene rings is 1. The number of likely N-dealkylation sites (N-methyl/N-ethyl adjacent to an activating group) is 1. The Bertz CT molecular complexity index is 940. The Morgan fingerprint density at radius 2 is 1.79 bits per heavy atom. The summed E-state index contributed by atoms with van der Waals surface area (Å²) in [7, 11) is -0.179. The zero-order valence-corrected chi connectivity index (χ0v) is 18.1. The standard InChI is InChI=1S/C19H25ClN4O3S/c1-13-9-16(27-4)10-14(2)19(13)28(25,26)24(15-5-6-15)8-7-23(3)18-11-17(20)21-12-22-18/h9-12,15H,5-8H2,1-4H3. The molecular formula is C19H25ClN4O3S. The van der Waals surface area contributed by atoms with Gasteiger partial charge in [-0.3, -0.25) is 0 Å². The highest BCUT2D eigenvalue weighted by Gasteiger charge is 2.39. The molecule has 0 unspecified atom stereocenters. The summed E-state index contributed by atoms with van der Waals surface area (Å²) in [5.74, 6) is 1.32. The van der Waals surface area contributed by atoms with Crippen molar-refractivity contribution in [2.24, 2.45) is 0 Å². The van der Waals surface area contributed by atoms with Gasteiger partial charge < -0.3 is 9.64 Å². The molecule has 1 fully saturated rings.